The fourth-order valence-corrected chi connectivity index (χ4v) is 5.21. The van der Waals surface area contributed by atoms with Crippen LogP contribution < -0.4 is 0 Å². The molecule has 0 saturated heterocycles. The summed E-state index contributed by atoms with van der Waals surface area (Å²) in [6, 6.07) is 24.7. The van der Waals surface area contributed by atoms with Crippen molar-refractivity contribution in [3.05, 3.63) is 151 Å². The molecule has 3 aromatic carbocycles. The molecule has 40 heavy (non-hydrogen) atoms. The van der Waals surface area contributed by atoms with Gasteiger partial charge in [0.25, 0.3) is 11.4 Å². The summed E-state index contributed by atoms with van der Waals surface area (Å²) in [5, 5.41) is 30.2. The van der Waals surface area contributed by atoms with Crippen molar-refractivity contribution in [2.45, 2.75) is 13.8 Å². The minimum Gasteiger partial charge on any atom is -0.237 e. The van der Waals surface area contributed by atoms with E-state index in [1.807, 2.05) is 74.5 Å². The molecule has 5 rings (SSSR count). The SMILES string of the molecule is [C-]#[N+]C1=C(c2ccc(C)cc2)/C(=C(/C#N)[N+]#[C-])c2cc3c(cc21)C(C#N)=C(c1ccc(C)cc1)/C3=C(\C#N)[N+]#[C-]. The molecule has 0 amide bonds. The van der Waals surface area contributed by atoms with Gasteiger partial charge in [0.2, 0.25) is 5.70 Å². The fraction of sp³-hybridized carbons (Fsp3) is 0.0588. The van der Waals surface area contributed by atoms with Gasteiger partial charge in [0.1, 0.15) is 6.07 Å². The van der Waals surface area contributed by atoms with Crippen molar-refractivity contribution in [1.82, 2.24) is 0 Å². The summed E-state index contributed by atoms with van der Waals surface area (Å²) in [6.07, 6.45) is 0. The van der Waals surface area contributed by atoms with Gasteiger partial charge in [0, 0.05) is 5.57 Å². The largest absolute Gasteiger partial charge is 0.270 e. The van der Waals surface area contributed by atoms with Gasteiger partial charge >= 0.3 is 0 Å². The third-order valence-corrected chi connectivity index (χ3v) is 7.02. The highest BCUT2D eigenvalue weighted by Gasteiger charge is 2.36. The van der Waals surface area contributed by atoms with Gasteiger partial charge in [0.15, 0.2) is 0 Å². The van der Waals surface area contributed by atoms with Crippen LogP contribution in [0.4, 0.5) is 0 Å². The number of benzene rings is 3. The highest BCUT2D eigenvalue weighted by molar-refractivity contribution is 6.29. The molecule has 0 spiro atoms. The van der Waals surface area contributed by atoms with Gasteiger partial charge in [-0.2, -0.15) is 5.26 Å². The minimum absolute atomic E-state index is 0.170. The molecular weight excluding hydrogens is 492 g/mol. The third kappa shape index (κ3) is 3.67. The smallest absolute Gasteiger partial charge is 0.237 e. The maximum absolute atomic E-state index is 10.3. The summed E-state index contributed by atoms with van der Waals surface area (Å²) in [7, 11) is 0. The molecule has 0 N–H and O–H groups in total. The van der Waals surface area contributed by atoms with Crippen LogP contribution in [-0.4, -0.2) is 0 Å². The number of allylic oxidation sites excluding steroid dienone is 7. The molecule has 0 radical (unpaired) electrons. The van der Waals surface area contributed by atoms with Crippen LogP contribution in [0, 0.1) is 67.6 Å². The Kier molecular flexibility index (Phi) is 6.17. The van der Waals surface area contributed by atoms with Crippen LogP contribution in [0.5, 0.6) is 0 Å². The molecule has 0 fully saturated rings. The topological polar surface area (TPSA) is 84.5 Å². The van der Waals surface area contributed by atoms with Crippen LogP contribution in [0.3, 0.4) is 0 Å². The van der Waals surface area contributed by atoms with Gasteiger partial charge in [-0.15, -0.1) is 0 Å². The summed E-state index contributed by atoms with van der Waals surface area (Å²) < 4.78 is 0. The first-order valence-corrected chi connectivity index (χ1v) is 12.1. The maximum atomic E-state index is 10.3. The number of hydrogen-bond donors (Lipinski definition) is 0. The van der Waals surface area contributed by atoms with E-state index in [-0.39, 0.29) is 22.7 Å². The van der Waals surface area contributed by atoms with E-state index in [2.05, 4.69) is 20.6 Å². The van der Waals surface area contributed by atoms with Crippen LogP contribution in [0.1, 0.15) is 44.5 Å². The quantitative estimate of drug-likeness (QED) is 0.261. The Morgan fingerprint density at radius 3 is 1.52 bits per heavy atom. The Balaban J connectivity index is 1.93. The van der Waals surface area contributed by atoms with Crippen LogP contribution in [0.2, 0.25) is 0 Å². The Bertz CT molecular complexity index is 1860. The first kappa shape index (κ1) is 25.2. The normalized spacial score (nSPS) is 15.5. The van der Waals surface area contributed by atoms with E-state index in [9.17, 15) is 15.8 Å². The monoisotopic (exact) mass is 508 g/mol. The summed E-state index contributed by atoms with van der Waals surface area (Å²) in [6.45, 7) is 27.4. The van der Waals surface area contributed by atoms with Crippen molar-refractivity contribution < 1.29 is 0 Å². The third-order valence-electron chi connectivity index (χ3n) is 7.02. The maximum Gasteiger partial charge on any atom is 0.270 e. The number of hydrogen-bond acceptors (Lipinski definition) is 3. The Labute approximate surface area is 232 Å². The Morgan fingerprint density at radius 1 is 0.625 bits per heavy atom. The zero-order valence-corrected chi connectivity index (χ0v) is 21.5. The first-order chi connectivity index (χ1) is 19.4. The molecule has 0 aliphatic heterocycles. The average Bonchev–Trinajstić information content (AvgIpc) is 3.46. The number of nitrogens with zero attached hydrogens (tertiary/aromatic N) is 6. The summed E-state index contributed by atoms with van der Waals surface area (Å²) in [4.78, 5) is 10.8. The van der Waals surface area contributed by atoms with Crippen LogP contribution >= 0.6 is 0 Å². The van der Waals surface area contributed by atoms with Crippen molar-refractivity contribution in [3.8, 4) is 18.2 Å². The van der Waals surface area contributed by atoms with Gasteiger partial charge < -0.3 is 0 Å². The summed E-state index contributed by atoms with van der Waals surface area (Å²) in [5.41, 5.74) is 7.16. The molecular formula is C34H16N6. The number of fused-ring (bicyclic) bond motifs is 2. The lowest BCUT2D eigenvalue weighted by Crippen LogP contribution is -1.95. The lowest BCUT2D eigenvalue weighted by atomic mass is 9.91. The predicted octanol–water partition coefficient (Wildman–Crippen LogP) is 7.86. The van der Waals surface area contributed by atoms with Crippen molar-refractivity contribution in [1.29, 1.82) is 15.8 Å². The van der Waals surface area contributed by atoms with Crippen molar-refractivity contribution in [3.63, 3.8) is 0 Å². The van der Waals surface area contributed by atoms with Crippen molar-refractivity contribution in [2.24, 2.45) is 0 Å². The second-order valence-electron chi connectivity index (χ2n) is 9.27. The zero-order valence-electron chi connectivity index (χ0n) is 21.5. The van der Waals surface area contributed by atoms with Gasteiger partial charge in [-0.05, 0) is 70.0 Å². The van der Waals surface area contributed by atoms with Crippen molar-refractivity contribution >= 4 is 33.6 Å². The number of aryl methyl sites for hydroxylation is 2. The number of rotatable bonds is 2. The van der Waals surface area contributed by atoms with Crippen molar-refractivity contribution in [2.75, 3.05) is 0 Å². The van der Waals surface area contributed by atoms with E-state index >= 15 is 0 Å². The Hall–Kier alpha value is -6.44. The molecule has 6 nitrogen and oxygen atoms in total. The summed E-state index contributed by atoms with van der Waals surface area (Å²) in [5.74, 6) is 0. The van der Waals surface area contributed by atoms with Gasteiger partial charge in [-0.25, -0.2) is 25.1 Å². The lowest BCUT2D eigenvalue weighted by Gasteiger charge is -2.13. The van der Waals surface area contributed by atoms with Crippen LogP contribution in [0.25, 0.3) is 48.1 Å². The van der Waals surface area contributed by atoms with Gasteiger partial charge in [-0.3, -0.25) is 0 Å². The standard InChI is InChI=1S/C34H16N6/c1-19-6-10-21(11-7-19)30-27(16-35)23-14-26-25(15-24(23)32(30)28(17-36)38-3)33(29(18-37)39-4)31(34(26)40-5)22-12-8-20(2)9-13-22/h6-15H,1-2H3/b32-28+,33-29-. The second kappa shape index (κ2) is 9.79. The molecule has 2 aliphatic rings. The van der Waals surface area contributed by atoms with E-state index < -0.39 is 0 Å². The molecule has 182 valence electrons. The molecule has 0 atom stereocenters. The number of nitriles is 3. The molecule has 0 heterocycles. The van der Waals surface area contributed by atoms with E-state index in [0.717, 1.165) is 11.1 Å². The van der Waals surface area contributed by atoms with E-state index in [1.165, 1.54) is 0 Å². The minimum atomic E-state index is -0.173. The average molecular weight is 509 g/mol. The zero-order chi connectivity index (χ0) is 28.6. The molecule has 6 heteroatoms. The van der Waals surface area contributed by atoms with E-state index in [0.29, 0.717) is 55.7 Å². The second-order valence-corrected chi connectivity index (χ2v) is 9.27. The van der Waals surface area contributed by atoms with Crippen LogP contribution in [-0.2, 0) is 0 Å². The Morgan fingerprint density at radius 2 is 1.07 bits per heavy atom. The predicted molar refractivity (Wildman–Crippen MR) is 153 cm³/mol. The lowest BCUT2D eigenvalue weighted by molar-refractivity contribution is 1.45. The molecule has 2 aliphatic carbocycles. The molecule has 0 saturated carbocycles. The molecule has 0 aromatic heterocycles. The molecule has 0 bridgehead atoms. The van der Waals surface area contributed by atoms with E-state index in [1.54, 1.807) is 12.1 Å². The fourth-order valence-electron chi connectivity index (χ4n) is 5.21. The molecule has 0 unspecified atom stereocenters. The molecule has 3 aromatic rings. The van der Waals surface area contributed by atoms with E-state index in [4.69, 9.17) is 19.7 Å². The summed E-state index contributed by atoms with van der Waals surface area (Å²) >= 11 is 0. The van der Waals surface area contributed by atoms with Crippen LogP contribution in [0.15, 0.2) is 72.1 Å². The first-order valence-electron chi connectivity index (χ1n) is 12.1. The highest BCUT2D eigenvalue weighted by Crippen LogP contribution is 2.54. The van der Waals surface area contributed by atoms with Gasteiger partial charge in [-0.1, -0.05) is 65.7 Å². The highest BCUT2D eigenvalue weighted by atomic mass is 14.7. The van der Waals surface area contributed by atoms with Gasteiger partial charge in [0.05, 0.1) is 37.4 Å².